The number of pyridine rings is 1. The summed E-state index contributed by atoms with van der Waals surface area (Å²) in [6.07, 6.45) is 6.23. The highest BCUT2D eigenvalue weighted by Gasteiger charge is 2.27. The third kappa shape index (κ3) is 5.69. The van der Waals surface area contributed by atoms with E-state index >= 15 is 0 Å². The van der Waals surface area contributed by atoms with Gasteiger partial charge in [0.05, 0.1) is 11.3 Å². The van der Waals surface area contributed by atoms with Crippen molar-refractivity contribution in [3.63, 3.8) is 0 Å². The first-order valence-electron chi connectivity index (χ1n) is 13.2. The van der Waals surface area contributed by atoms with Crippen molar-refractivity contribution in [2.45, 2.75) is 51.9 Å². The summed E-state index contributed by atoms with van der Waals surface area (Å²) in [5.74, 6) is 0.833. The second-order valence-corrected chi connectivity index (χ2v) is 10.9. The fourth-order valence-corrected chi connectivity index (χ4v) is 5.63. The van der Waals surface area contributed by atoms with E-state index in [1.807, 2.05) is 50.4 Å². The van der Waals surface area contributed by atoms with Crippen LogP contribution in [-0.2, 0) is 12.2 Å². The molecule has 3 heterocycles. The Morgan fingerprint density at radius 2 is 1.97 bits per heavy atom. The summed E-state index contributed by atoms with van der Waals surface area (Å²) in [6, 6.07) is 18.8. The van der Waals surface area contributed by atoms with Gasteiger partial charge in [0.2, 0.25) is 0 Å². The Labute approximate surface area is 225 Å². The van der Waals surface area contributed by atoms with Crippen molar-refractivity contribution in [3.05, 3.63) is 94.3 Å². The van der Waals surface area contributed by atoms with E-state index in [2.05, 4.69) is 52.0 Å². The Balaban J connectivity index is 1.35. The normalized spacial score (nSPS) is 18.7. The molecular weight excluding hydrogens is 482 g/mol. The number of ether oxygens (including phenoxy) is 1. The van der Waals surface area contributed by atoms with E-state index < -0.39 is 5.60 Å². The van der Waals surface area contributed by atoms with Crippen LogP contribution in [0.4, 0.5) is 5.69 Å². The van der Waals surface area contributed by atoms with Crippen molar-refractivity contribution in [1.29, 1.82) is 0 Å². The fraction of sp³-hybridized carbons (Fsp3) is 0.387. The number of hydrogen-bond acceptors (Lipinski definition) is 5. The summed E-state index contributed by atoms with van der Waals surface area (Å²) in [7, 11) is 0. The van der Waals surface area contributed by atoms with Crippen molar-refractivity contribution in [2.24, 2.45) is 0 Å². The van der Waals surface area contributed by atoms with Crippen LogP contribution < -0.4 is 9.64 Å². The number of hydrogen-bond donors (Lipinski definition) is 1. The second-order valence-electron chi connectivity index (χ2n) is 10.5. The maximum absolute atomic E-state index is 10.7. The molecule has 0 amide bonds. The van der Waals surface area contributed by atoms with Crippen molar-refractivity contribution >= 4 is 22.9 Å². The summed E-state index contributed by atoms with van der Waals surface area (Å²) < 4.78 is 6.15. The lowest BCUT2D eigenvalue weighted by atomic mass is 9.90. The minimum atomic E-state index is -0.927. The molecule has 5 nitrogen and oxygen atoms in total. The van der Waals surface area contributed by atoms with Gasteiger partial charge in [0.15, 0.2) is 0 Å². The van der Waals surface area contributed by atoms with Crippen LogP contribution in [0.1, 0.15) is 56.0 Å². The molecule has 0 bridgehead atoms. The average Bonchev–Trinajstić information content (AvgIpc) is 3.28. The SMILES string of the molecule is CCN(c1ccc(Cl)cc1)[C@@H]1CCN(CC/C=C2/c3cc(C(C)(C)O)ccc3OCc3ncccc32)C1. The molecule has 37 heavy (non-hydrogen) atoms. The largest absolute Gasteiger partial charge is 0.487 e. The van der Waals surface area contributed by atoms with Crippen LogP contribution in [0.5, 0.6) is 5.75 Å². The number of benzene rings is 2. The zero-order chi connectivity index (χ0) is 26.0. The topological polar surface area (TPSA) is 48.8 Å². The van der Waals surface area contributed by atoms with Gasteiger partial charge in [-0.2, -0.15) is 0 Å². The smallest absolute Gasteiger partial charge is 0.131 e. The standard InChI is InChI=1S/C31H36ClN3O2/c1-4-35(24-12-10-23(32)11-13-24)25-15-18-34(20-25)17-6-8-26-27-7-5-16-33-29(27)21-37-30-14-9-22(19-28(26)30)31(2,3)36/h5,7-14,16,19,25,36H,4,6,15,17-18,20-21H2,1-3H3/b26-8+/t25-/m1/s1. The van der Waals surface area contributed by atoms with Gasteiger partial charge in [-0.15, -0.1) is 0 Å². The van der Waals surface area contributed by atoms with Gasteiger partial charge in [0.25, 0.3) is 0 Å². The second kappa shape index (κ2) is 10.9. The maximum Gasteiger partial charge on any atom is 0.131 e. The molecule has 0 aliphatic carbocycles. The van der Waals surface area contributed by atoms with Gasteiger partial charge < -0.3 is 19.6 Å². The lowest BCUT2D eigenvalue weighted by Crippen LogP contribution is -2.37. The molecule has 5 rings (SSSR count). The zero-order valence-electron chi connectivity index (χ0n) is 22.0. The molecule has 2 aliphatic rings. The van der Waals surface area contributed by atoms with Crippen LogP contribution in [0.2, 0.25) is 5.02 Å². The molecule has 1 atom stereocenters. The highest BCUT2D eigenvalue weighted by Crippen LogP contribution is 2.38. The molecular formula is C31H36ClN3O2. The highest BCUT2D eigenvalue weighted by molar-refractivity contribution is 6.30. The van der Waals surface area contributed by atoms with Gasteiger partial charge in [-0.1, -0.05) is 29.8 Å². The lowest BCUT2D eigenvalue weighted by Gasteiger charge is -2.30. The van der Waals surface area contributed by atoms with Crippen molar-refractivity contribution in [3.8, 4) is 5.75 Å². The van der Waals surface area contributed by atoms with E-state index in [1.165, 1.54) is 5.69 Å². The average molecular weight is 518 g/mol. The van der Waals surface area contributed by atoms with Crippen LogP contribution in [0.3, 0.4) is 0 Å². The predicted molar refractivity (Wildman–Crippen MR) is 151 cm³/mol. The number of fused-ring (bicyclic) bond motifs is 2. The van der Waals surface area contributed by atoms with Crippen LogP contribution >= 0.6 is 11.6 Å². The van der Waals surface area contributed by atoms with Gasteiger partial charge in [-0.3, -0.25) is 4.98 Å². The molecule has 1 fully saturated rings. The van der Waals surface area contributed by atoms with Gasteiger partial charge in [0.1, 0.15) is 12.4 Å². The highest BCUT2D eigenvalue weighted by atomic mass is 35.5. The Morgan fingerprint density at radius 3 is 2.73 bits per heavy atom. The zero-order valence-corrected chi connectivity index (χ0v) is 22.7. The first-order valence-corrected chi connectivity index (χ1v) is 13.6. The minimum absolute atomic E-state index is 0.438. The Bertz CT molecular complexity index is 1270. The minimum Gasteiger partial charge on any atom is -0.487 e. The molecule has 2 aromatic carbocycles. The van der Waals surface area contributed by atoms with Crippen molar-refractivity contribution < 1.29 is 9.84 Å². The number of likely N-dealkylation sites (tertiary alicyclic amines) is 1. The number of halogens is 1. The monoisotopic (exact) mass is 517 g/mol. The first-order chi connectivity index (χ1) is 17.8. The first kappa shape index (κ1) is 25.8. The van der Waals surface area contributed by atoms with Crippen molar-refractivity contribution in [1.82, 2.24) is 9.88 Å². The molecule has 0 spiro atoms. The fourth-order valence-electron chi connectivity index (χ4n) is 5.50. The summed E-state index contributed by atoms with van der Waals surface area (Å²) in [5, 5.41) is 11.4. The summed E-state index contributed by atoms with van der Waals surface area (Å²) in [4.78, 5) is 9.66. The van der Waals surface area contributed by atoms with E-state index in [0.29, 0.717) is 12.6 Å². The van der Waals surface area contributed by atoms with E-state index in [4.69, 9.17) is 16.3 Å². The molecule has 0 radical (unpaired) electrons. The summed E-state index contributed by atoms with van der Waals surface area (Å²) >= 11 is 6.11. The van der Waals surface area contributed by atoms with E-state index in [1.54, 1.807) is 0 Å². The molecule has 2 aliphatic heterocycles. The van der Waals surface area contributed by atoms with E-state index in [9.17, 15) is 5.11 Å². The number of aliphatic hydroxyl groups is 1. The molecule has 1 aromatic heterocycles. The summed E-state index contributed by atoms with van der Waals surface area (Å²) in [6.45, 7) is 10.4. The molecule has 0 saturated carbocycles. The van der Waals surface area contributed by atoms with Gasteiger partial charge >= 0.3 is 0 Å². The molecule has 194 valence electrons. The van der Waals surface area contributed by atoms with Gasteiger partial charge in [-0.25, -0.2) is 0 Å². The number of aromatic nitrogens is 1. The Hall–Kier alpha value is -2.86. The molecule has 6 heteroatoms. The number of likely N-dealkylation sites (N-methyl/N-ethyl adjacent to an activating group) is 1. The van der Waals surface area contributed by atoms with Crippen LogP contribution in [0.15, 0.2) is 66.9 Å². The Kier molecular flexibility index (Phi) is 7.57. The maximum atomic E-state index is 10.7. The third-order valence-electron chi connectivity index (χ3n) is 7.50. The number of anilines is 1. The van der Waals surface area contributed by atoms with Crippen LogP contribution in [-0.4, -0.2) is 47.2 Å². The molecule has 0 unspecified atom stereocenters. The van der Waals surface area contributed by atoms with Crippen LogP contribution in [0.25, 0.3) is 5.57 Å². The van der Waals surface area contributed by atoms with Gasteiger partial charge in [0, 0.05) is 60.3 Å². The summed E-state index contributed by atoms with van der Waals surface area (Å²) in [5.41, 5.74) is 5.38. The molecule has 1 N–H and O–H groups in total. The van der Waals surface area contributed by atoms with Gasteiger partial charge in [-0.05, 0) is 87.2 Å². The van der Waals surface area contributed by atoms with E-state index in [0.717, 1.165) is 77.8 Å². The van der Waals surface area contributed by atoms with Crippen molar-refractivity contribution in [2.75, 3.05) is 31.1 Å². The quantitative estimate of drug-likeness (QED) is 0.400. The van der Waals surface area contributed by atoms with Crippen LogP contribution in [0, 0.1) is 0 Å². The third-order valence-corrected chi connectivity index (χ3v) is 7.75. The Morgan fingerprint density at radius 1 is 1.16 bits per heavy atom. The van der Waals surface area contributed by atoms with E-state index in [-0.39, 0.29) is 0 Å². The number of rotatable bonds is 7. The lowest BCUT2D eigenvalue weighted by molar-refractivity contribution is 0.0785. The molecule has 1 saturated heterocycles. The predicted octanol–water partition coefficient (Wildman–Crippen LogP) is 6.28. The number of nitrogens with zero attached hydrogens (tertiary/aromatic N) is 3. The molecule has 3 aromatic rings.